The largest absolute Gasteiger partial charge is 0.497 e. The molecule has 1 aliphatic heterocycles. The number of amides is 1. The Balaban J connectivity index is 1.43. The first-order chi connectivity index (χ1) is 15.7. The Morgan fingerprint density at radius 3 is 2.69 bits per heavy atom. The number of H-pyrrole nitrogens is 1. The molecule has 0 aliphatic carbocycles. The van der Waals surface area contributed by atoms with Gasteiger partial charge >= 0.3 is 0 Å². The van der Waals surface area contributed by atoms with E-state index >= 15 is 0 Å². The van der Waals surface area contributed by atoms with Crippen LogP contribution in [0.3, 0.4) is 0 Å². The van der Waals surface area contributed by atoms with Crippen LogP contribution in [-0.4, -0.2) is 48.3 Å². The SMILES string of the molecule is COc1ccc(-c2cn[nH]c2[C@@H]2CCCCN2C(=O)CCCN(C)c2ccccc2)cc1. The van der Waals surface area contributed by atoms with E-state index in [1.54, 1.807) is 7.11 Å². The topological polar surface area (TPSA) is 61.5 Å². The molecular formula is C26H32N4O2. The van der Waals surface area contributed by atoms with Gasteiger partial charge in [0.2, 0.25) is 5.91 Å². The molecule has 6 nitrogen and oxygen atoms in total. The van der Waals surface area contributed by atoms with Gasteiger partial charge in [0.1, 0.15) is 5.75 Å². The van der Waals surface area contributed by atoms with Crippen LogP contribution >= 0.6 is 0 Å². The van der Waals surface area contributed by atoms with Gasteiger partial charge in [-0.25, -0.2) is 0 Å². The summed E-state index contributed by atoms with van der Waals surface area (Å²) in [4.78, 5) is 17.5. The Hall–Kier alpha value is -3.28. The van der Waals surface area contributed by atoms with Crippen LogP contribution in [0.15, 0.2) is 60.8 Å². The number of carbonyl (C=O) groups is 1. The number of para-hydroxylation sites is 1. The number of carbonyl (C=O) groups excluding carboxylic acids is 1. The molecule has 1 saturated heterocycles. The van der Waals surface area contributed by atoms with Crippen molar-refractivity contribution in [3.63, 3.8) is 0 Å². The molecule has 1 aliphatic rings. The normalized spacial score (nSPS) is 16.1. The highest BCUT2D eigenvalue weighted by atomic mass is 16.5. The van der Waals surface area contributed by atoms with Gasteiger partial charge in [-0.3, -0.25) is 9.89 Å². The monoisotopic (exact) mass is 432 g/mol. The van der Waals surface area contributed by atoms with Crippen molar-refractivity contribution in [1.29, 1.82) is 0 Å². The maximum atomic E-state index is 13.2. The molecule has 32 heavy (non-hydrogen) atoms. The minimum Gasteiger partial charge on any atom is -0.497 e. The van der Waals surface area contributed by atoms with Crippen molar-refractivity contribution in [1.82, 2.24) is 15.1 Å². The summed E-state index contributed by atoms with van der Waals surface area (Å²) < 4.78 is 5.28. The van der Waals surface area contributed by atoms with Crippen LogP contribution in [0.25, 0.3) is 11.1 Å². The number of ether oxygens (including phenoxy) is 1. The molecule has 1 atom stereocenters. The first-order valence-electron chi connectivity index (χ1n) is 11.4. The number of methoxy groups -OCH3 is 1. The first-order valence-corrected chi connectivity index (χ1v) is 11.4. The van der Waals surface area contributed by atoms with Gasteiger partial charge in [0, 0.05) is 37.8 Å². The summed E-state index contributed by atoms with van der Waals surface area (Å²) >= 11 is 0. The molecule has 0 saturated carbocycles. The van der Waals surface area contributed by atoms with Gasteiger partial charge in [-0.15, -0.1) is 0 Å². The van der Waals surface area contributed by atoms with Gasteiger partial charge in [0.25, 0.3) is 0 Å². The molecule has 0 radical (unpaired) electrons. The van der Waals surface area contributed by atoms with E-state index < -0.39 is 0 Å². The van der Waals surface area contributed by atoms with E-state index in [0.29, 0.717) is 6.42 Å². The summed E-state index contributed by atoms with van der Waals surface area (Å²) in [6.07, 6.45) is 6.39. The lowest BCUT2D eigenvalue weighted by Gasteiger charge is -2.36. The second-order valence-corrected chi connectivity index (χ2v) is 8.39. The summed E-state index contributed by atoms with van der Waals surface area (Å²) in [5, 5.41) is 7.53. The molecular weight excluding hydrogens is 400 g/mol. The molecule has 4 rings (SSSR count). The summed E-state index contributed by atoms with van der Waals surface area (Å²) in [5.74, 6) is 1.06. The highest BCUT2D eigenvalue weighted by Gasteiger charge is 2.30. The van der Waals surface area contributed by atoms with Crippen LogP contribution in [0.2, 0.25) is 0 Å². The Kier molecular flexibility index (Phi) is 7.10. The van der Waals surface area contributed by atoms with Gasteiger partial charge in [-0.2, -0.15) is 5.10 Å². The van der Waals surface area contributed by atoms with Gasteiger partial charge in [0.15, 0.2) is 0 Å². The van der Waals surface area contributed by atoms with E-state index in [2.05, 4.69) is 39.2 Å². The number of rotatable bonds is 8. The molecule has 2 aromatic carbocycles. The van der Waals surface area contributed by atoms with Crippen LogP contribution in [0.1, 0.15) is 43.8 Å². The van der Waals surface area contributed by atoms with E-state index in [1.807, 2.05) is 48.7 Å². The maximum absolute atomic E-state index is 13.2. The highest BCUT2D eigenvalue weighted by molar-refractivity contribution is 5.77. The fourth-order valence-electron chi connectivity index (χ4n) is 4.50. The molecule has 0 bridgehead atoms. The third-order valence-electron chi connectivity index (χ3n) is 6.31. The van der Waals surface area contributed by atoms with Crippen LogP contribution in [0.4, 0.5) is 5.69 Å². The van der Waals surface area contributed by atoms with Crippen LogP contribution < -0.4 is 9.64 Å². The Bertz CT molecular complexity index is 1000. The second kappa shape index (κ2) is 10.4. The molecule has 1 N–H and O–H groups in total. The second-order valence-electron chi connectivity index (χ2n) is 8.39. The summed E-state index contributed by atoms with van der Waals surface area (Å²) in [6.45, 7) is 1.66. The molecule has 2 heterocycles. The zero-order chi connectivity index (χ0) is 22.3. The fraction of sp³-hybridized carbons (Fsp3) is 0.385. The lowest BCUT2D eigenvalue weighted by atomic mass is 9.94. The van der Waals surface area contributed by atoms with Crippen LogP contribution in [0, 0.1) is 0 Å². The minimum absolute atomic E-state index is 0.0442. The molecule has 1 fully saturated rings. The van der Waals surface area contributed by atoms with E-state index in [9.17, 15) is 4.79 Å². The number of piperidine rings is 1. The molecule has 6 heteroatoms. The Morgan fingerprint density at radius 2 is 1.94 bits per heavy atom. The number of likely N-dealkylation sites (tertiary alicyclic amines) is 1. The summed E-state index contributed by atoms with van der Waals surface area (Å²) in [7, 11) is 3.75. The lowest BCUT2D eigenvalue weighted by Crippen LogP contribution is -2.39. The Morgan fingerprint density at radius 1 is 1.16 bits per heavy atom. The van der Waals surface area contributed by atoms with E-state index in [4.69, 9.17) is 4.74 Å². The van der Waals surface area contributed by atoms with Crippen molar-refractivity contribution in [2.45, 2.75) is 38.1 Å². The summed E-state index contributed by atoms with van der Waals surface area (Å²) in [5.41, 5.74) is 4.35. The number of aromatic amines is 1. The predicted molar refractivity (Wildman–Crippen MR) is 128 cm³/mol. The molecule has 1 aromatic heterocycles. The molecule has 0 unspecified atom stereocenters. The third-order valence-corrected chi connectivity index (χ3v) is 6.31. The van der Waals surface area contributed by atoms with Crippen molar-refractivity contribution in [3.05, 3.63) is 66.5 Å². The predicted octanol–water partition coefficient (Wildman–Crippen LogP) is 5.06. The van der Waals surface area contributed by atoms with Gasteiger partial charge in [0.05, 0.1) is 25.0 Å². The van der Waals surface area contributed by atoms with Crippen molar-refractivity contribution in [2.24, 2.45) is 0 Å². The smallest absolute Gasteiger partial charge is 0.223 e. The maximum Gasteiger partial charge on any atom is 0.223 e. The van der Waals surface area contributed by atoms with Crippen molar-refractivity contribution < 1.29 is 9.53 Å². The van der Waals surface area contributed by atoms with Crippen molar-refractivity contribution in [3.8, 4) is 16.9 Å². The minimum atomic E-state index is 0.0442. The average Bonchev–Trinajstić information content (AvgIpc) is 3.34. The standard InChI is InChI=1S/C26H32N4O2/c1-29(21-9-4-3-5-10-21)17-8-12-25(31)30-18-7-6-11-24(30)26-23(19-27-28-26)20-13-15-22(32-2)16-14-20/h3-5,9-10,13-16,19,24H,6-8,11-12,17-18H2,1-2H3,(H,27,28)/t24-/m0/s1. The number of nitrogens with one attached hydrogen (secondary N) is 1. The van der Waals surface area contributed by atoms with E-state index in [0.717, 1.165) is 61.3 Å². The highest BCUT2D eigenvalue weighted by Crippen LogP contribution is 2.36. The first kappa shape index (κ1) is 21.9. The number of benzene rings is 2. The zero-order valence-corrected chi connectivity index (χ0v) is 19.0. The van der Waals surface area contributed by atoms with Crippen LogP contribution in [-0.2, 0) is 4.79 Å². The van der Waals surface area contributed by atoms with Gasteiger partial charge < -0.3 is 14.5 Å². The quantitative estimate of drug-likeness (QED) is 0.541. The fourth-order valence-corrected chi connectivity index (χ4v) is 4.50. The van der Waals surface area contributed by atoms with E-state index in [-0.39, 0.29) is 11.9 Å². The number of anilines is 1. The van der Waals surface area contributed by atoms with Gasteiger partial charge in [-0.1, -0.05) is 30.3 Å². The number of hydrogen-bond acceptors (Lipinski definition) is 4. The molecule has 1 amide bonds. The van der Waals surface area contributed by atoms with Crippen molar-refractivity contribution >= 4 is 11.6 Å². The van der Waals surface area contributed by atoms with Crippen LogP contribution in [0.5, 0.6) is 5.75 Å². The molecule has 3 aromatic rings. The third kappa shape index (κ3) is 4.96. The molecule has 0 spiro atoms. The number of nitrogens with zero attached hydrogens (tertiary/aromatic N) is 3. The lowest BCUT2D eigenvalue weighted by molar-refractivity contribution is -0.135. The van der Waals surface area contributed by atoms with Crippen molar-refractivity contribution in [2.75, 3.05) is 32.1 Å². The average molecular weight is 433 g/mol. The van der Waals surface area contributed by atoms with E-state index in [1.165, 1.54) is 5.69 Å². The Labute approximate surface area is 190 Å². The number of aromatic nitrogens is 2. The summed E-state index contributed by atoms with van der Waals surface area (Å²) in [6, 6.07) is 18.3. The molecule has 168 valence electrons. The zero-order valence-electron chi connectivity index (χ0n) is 19.0. The van der Waals surface area contributed by atoms with Gasteiger partial charge in [-0.05, 0) is 55.5 Å². The number of hydrogen-bond donors (Lipinski definition) is 1.